The van der Waals surface area contributed by atoms with Gasteiger partial charge in [-0.1, -0.05) is 11.6 Å². The monoisotopic (exact) mass is 297 g/mol. The second-order valence-electron chi connectivity index (χ2n) is 4.45. The molecule has 5 heteroatoms. The van der Waals surface area contributed by atoms with Crippen molar-refractivity contribution >= 4 is 33.9 Å². The highest BCUT2D eigenvalue weighted by Crippen LogP contribution is 2.29. The van der Waals surface area contributed by atoms with Crippen LogP contribution in [0.5, 0.6) is 0 Å². The molecular weight excluding hydrogens is 289 g/mol. The molecule has 0 bridgehead atoms. The molecule has 0 atom stereocenters. The Morgan fingerprint density at radius 2 is 1.90 bits per heavy atom. The second-order valence-corrected chi connectivity index (χ2v) is 4.89. The molecule has 1 aromatic heterocycles. The van der Waals surface area contributed by atoms with Crippen molar-refractivity contribution in [3.63, 3.8) is 0 Å². The number of rotatable bonds is 2. The number of fused-ring (bicyclic) bond motifs is 1. The average molecular weight is 298 g/mol. The van der Waals surface area contributed by atoms with E-state index in [1.54, 1.807) is 30.3 Å². The molecule has 0 amide bonds. The summed E-state index contributed by atoms with van der Waals surface area (Å²) in [5, 5.41) is 13.5. The zero-order valence-corrected chi connectivity index (χ0v) is 11.5. The molecule has 3 rings (SSSR count). The Morgan fingerprint density at radius 3 is 2.62 bits per heavy atom. The zero-order valence-electron chi connectivity index (χ0n) is 10.8. The molecule has 1 heterocycles. The van der Waals surface area contributed by atoms with Crippen LogP contribution in [0.4, 0.5) is 15.8 Å². The highest BCUT2D eigenvalue weighted by Gasteiger charge is 2.10. The average Bonchev–Trinajstić information content (AvgIpc) is 2.50. The highest BCUT2D eigenvalue weighted by molar-refractivity contribution is 6.30. The minimum Gasteiger partial charge on any atom is -0.354 e. The minimum absolute atomic E-state index is 0.350. The normalized spacial score (nSPS) is 10.3. The van der Waals surface area contributed by atoms with Crippen molar-refractivity contribution in [1.82, 2.24) is 4.98 Å². The number of nitriles is 1. The quantitative estimate of drug-likeness (QED) is 0.749. The van der Waals surface area contributed by atoms with Crippen LogP contribution in [0.2, 0.25) is 5.02 Å². The summed E-state index contributed by atoms with van der Waals surface area (Å²) in [4.78, 5) is 4.16. The van der Waals surface area contributed by atoms with Crippen molar-refractivity contribution in [1.29, 1.82) is 5.26 Å². The molecule has 0 unspecified atom stereocenters. The van der Waals surface area contributed by atoms with E-state index in [0.717, 1.165) is 5.69 Å². The summed E-state index contributed by atoms with van der Waals surface area (Å²) in [7, 11) is 0. The van der Waals surface area contributed by atoms with Crippen LogP contribution in [0.3, 0.4) is 0 Å². The highest BCUT2D eigenvalue weighted by atomic mass is 35.5. The molecule has 0 saturated carbocycles. The maximum absolute atomic E-state index is 13.5. The Morgan fingerprint density at radius 1 is 1.14 bits per heavy atom. The van der Waals surface area contributed by atoms with Gasteiger partial charge >= 0.3 is 0 Å². The van der Waals surface area contributed by atoms with E-state index in [2.05, 4.69) is 16.4 Å². The Hall–Kier alpha value is -2.64. The number of benzene rings is 2. The van der Waals surface area contributed by atoms with Gasteiger partial charge in [-0.15, -0.1) is 0 Å². The van der Waals surface area contributed by atoms with E-state index < -0.39 is 0 Å². The topological polar surface area (TPSA) is 48.7 Å². The van der Waals surface area contributed by atoms with Crippen molar-refractivity contribution in [3.05, 3.63) is 65.1 Å². The lowest BCUT2D eigenvalue weighted by atomic mass is 10.1. The van der Waals surface area contributed by atoms with E-state index in [-0.39, 0.29) is 5.82 Å². The fourth-order valence-corrected chi connectivity index (χ4v) is 2.19. The van der Waals surface area contributed by atoms with Crippen LogP contribution < -0.4 is 5.32 Å². The van der Waals surface area contributed by atoms with E-state index in [1.165, 1.54) is 18.3 Å². The smallest absolute Gasteiger partial charge is 0.124 e. The molecule has 2 aromatic carbocycles. The number of hydrogen-bond donors (Lipinski definition) is 1. The third-order valence-electron chi connectivity index (χ3n) is 3.06. The second kappa shape index (κ2) is 5.39. The Labute approximate surface area is 125 Å². The molecule has 0 spiro atoms. The van der Waals surface area contributed by atoms with Crippen LogP contribution in [-0.4, -0.2) is 4.98 Å². The lowest BCUT2D eigenvalue weighted by Gasteiger charge is -2.11. The molecule has 102 valence electrons. The van der Waals surface area contributed by atoms with Crippen molar-refractivity contribution in [2.75, 3.05) is 5.32 Å². The Kier molecular flexibility index (Phi) is 3.43. The van der Waals surface area contributed by atoms with E-state index in [9.17, 15) is 9.65 Å². The van der Waals surface area contributed by atoms with Crippen LogP contribution >= 0.6 is 11.6 Å². The van der Waals surface area contributed by atoms with Crippen LogP contribution in [0.1, 0.15) is 5.56 Å². The molecule has 0 aliphatic heterocycles. The number of halogens is 2. The minimum atomic E-state index is -0.376. The van der Waals surface area contributed by atoms with Crippen LogP contribution in [-0.2, 0) is 0 Å². The van der Waals surface area contributed by atoms with Crippen molar-refractivity contribution < 1.29 is 4.39 Å². The lowest BCUT2D eigenvalue weighted by Crippen LogP contribution is -1.97. The number of pyridine rings is 1. The molecule has 0 aliphatic carbocycles. The van der Waals surface area contributed by atoms with Gasteiger partial charge in [-0.25, -0.2) is 4.39 Å². The molecular formula is C16H9ClFN3. The van der Waals surface area contributed by atoms with E-state index in [4.69, 9.17) is 11.6 Å². The molecule has 0 fully saturated rings. The summed E-state index contributed by atoms with van der Waals surface area (Å²) in [6, 6.07) is 13.4. The number of anilines is 2. The third kappa shape index (κ3) is 2.64. The lowest BCUT2D eigenvalue weighted by molar-refractivity contribution is 0.629. The molecule has 0 aliphatic rings. The van der Waals surface area contributed by atoms with Gasteiger partial charge in [0.05, 0.1) is 16.8 Å². The first kappa shape index (κ1) is 13.3. The number of aromatic nitrogens is 1. The largest absolute Gasteiger partial charge is 0.354 e. The summed E-state index contributed by atoms with van der Waals surface area (Å²) in [6.07, 6.45) is 1.47. The van der Waals surface area contributed by atoms with Crippen molar-refractivity contribution in [2.24, 2.45) is 0 Å². The predicted molar refractivity (Wildman–Crippen MR) is 81.2 cm³/mol. The first-order valence-corrected chi connectivity index (χ1v) is 6.56. The van der Waals surface area contributed by atoms with E-state index in [0.29, 0.717) is 27.2 Å². The number of nitrogens with zero attached hydrogens (tertiary/aromatic N) is 2. The number of hydrogen-bond acceptors (Lipinski definition) is 3. The molecule has 21 heavy (non-hydrogen) atoms. The summed E-state index contributed by atoms with van der Waals surface area (Å²) in [5.74, 6) is -0.376. The Balaban J connectivity index is 2.17. The summed E-state index contributed by atoms with van der Waals surface area (Å²) < 4.78 is 13.5. The Bertz CT molecular complexity index is 854. The van der Waals surface area contributed by atoms with Gasteiger partial charge in [0.2, 0.25) is 0 Å². The number of nitrogens with one attached hydrogen (secondary N) is 1. The third-order valence-corrected chi connectivity index (χ3v) is 3.32. The van der Waals surface area contributed by atoms with E-state index in [1.807, 2.05) is 0 Å². The molecule has 0 saturated heterocycles. The van der Waals surface area contributed by atoms with Gasteiger partial charge in [-0.3, -0.25) is 4.98 Å². The predicted octanol–water partition coefficient (Wildman–Crippen LogP) is 4.64. The van der Waals surface area contributed by atoms with Gasteiger partial charge in [0.1, 0.15) is 11.9 Å². The van der Waals surface area contributed by atoms with Gasteiger partial charge in [-0.05, 0) is 42.5 Å². The van der Waals surface area contributed by atoms with E-state index >= 15 is 0 Å². The van der Waals surface area contributed by atoms with Gasteiger partial charge in [0, 0.05) is 22.3 Å². The van der Waals surface area contributed by atoms with Gasteiger partial charge < -0.3 is 5.32 Å². The maximum atomic E-state index is 13.5. The first-order chi connectivity index (χ1) is 10.2. The standard InChI is InChI=1S/C16H9ClFN3/c17-11-1-4-13(5-2-11)21-16-10(8-19)9-20-15-6-3-12(18)7-14(15)16/h1-7,9H,(H,20,21). The summed E-state index contributed by atoms with van der Waals surface area (Å²) in [6.45, 7) is 0. The summed E-state index contributed by atoms with van der Waals surface area (Å²) in [5.41, 5.74) is 2.26. The fourth-order valence-electron chi connectivity index (χ4n) is 2.06. The van der Waals surface area contributed by atoms with Gasteiger partial charge in [0.25, 0.3) is 0 Å². The van der Waals surface area contributed by atoms with Gasteiger partial charge in [-0.2, -0.15) is 5.26 Å². The van der Waals surface area contributed by atoms with Crippen molar-refractivity contribution in [3.8, 4) is 6.07 Å². The molecule has 1 N–H and O–H groups in total. The van der Waals surface area contributed by atoms with Crippen LogP contribution in [0.15, 0.2) is 48.7 Å². The first-order valence-electron chi connectivity index (χ1n) is 6.18. The van der Waals surface area contributed by atoms with Gasteiger partial charge in [0.15, 0.2) is 0 Å². The summed E-state index contributed by atoms with van der Waals surface area (Å²) >= 11 is 5.85. The van der Waals surface area contributed by atoms with Crippen LogP contribution in [0, 0.1) is 17.1 Å². The maximum Gasteiger partial charge on any atom is 0.124 e. The van der Waals surface area contributed by atoms with Crippen molar-refractivity contribution in [2.45, 2.75) is 0 Å². The molecule has 3 aromatic rings. The van der Waals surface area contributed by atoms with Crippen LogP contribution in [0.25, 0.3) is 10.9 Å². The molecule has 3 nitrogen and oxygen atoms in total. The molecule has 0 radical (unpaired) electrons. The zero-order chi connectivity index (χ0) is 14.8. The fraction of sp³-hybridized carbons (Fsp3) is 0. The SMILES string of the molecule is N#Cc1cnc2ccc(F)cc2c1Nc1ccc(Cl)cc1.